The first-order valence-electron chi connectivity index (χ1n) is 6.11. The Morgan fingerprint density at radius 1 is 1.55 bits per heavy atom. The van der Waals surface area contributed by atoms with Crippen LogP contribution in [0.1, 0.15) is 25.0 Å². The van der Waals surface area contributed by atoms with Crippen LogP contribution in [0.4, 0.5) is 9.18 Å². The Hall–Kier alpha value is -2.31. The molecule has 20 heavy (non-hydrogen) atoms. The Balaban J connectivity index is 2.59. The van der Waals surface area contributed by atoms with E-state index in [1.807, 2.05) is 13.8 Å². The average Bonchev–Trinajstić information content (AvgIpc) is 2.42. The minimum absolute atomic E-state index is 0.000779. The van der Waals surface area contributed by atoms with Gasteiger partial charge in [-0.05, 0) is 12.0 Å². The normalized spacial score (nSPS) is 11.5. The van der Waals surface area contributed by atoms with Crippen LogP contribution in [0.25, 0.3) is 0 Å². The second kappa shape index (κ2) is 7.32. The minimum atomic E-state index is -0.599. The molecule has 6 nitrogen and oxygen atoms in total. The molecule has 0 bridgehead atoms. The third-order valence-corrected chi connectivity index (χ3v) is 2.43. The summed E-state index contributed by atoms with van der Waals surface area (Å²) in [5.41, 5.74) is 5.89. The smallest absolute Gasteiger partial charge is 0.407 e. The van der Waals surface area contributed by atoms with E-state index in [1.54, 1.807) is 0 Å². The predicted molar refractivity (Wildman–Crippen MR) is 71.9 cm³/mol. The van der Waals surface area contributed by atoms with Gasteiger partial charge < -0.3 is 21.0 Å². The molecule has 0 unspecified atom stereocenters. The number of hydrogen-bond donors (Lipinski definition) is 3. The van der Waals surface area contributed by atoms with Crippen molar-refractivity contribution < 1.29 is 19.1 Å². The minimum Gasteiger partial charge on any atom is -0.449 e. The standard InChI is InChI=1S/C13H18FN3O3/c1-8(2)7-20-13(18)16-6-10-4-3-9(5-11(10)14)12(15)17-19/h3-5,8,19H,6-7H2,1-2H3,(H2,15,17)(H,16,18). The fourth-order valence-electron chi connectivity index (χ4n) is 1.37. The van der Waals surface area contributed by atoms with Crippen molar-refractivity contribution in [1.82, 2.24) is 5.32 Å². The summed E-state index contributed by atoms with van der Waals surface area (Å²) in [7, 11) is 0. The van der Waals surface area contributed by atoms with Gasteiger partial charge in [0.1, 0.15) is 5.82 Å². The Bertz CT molecular complexity index is 504. The molecular weight excluding hydrogens is 265 g/mol. The van der Waals surface area contributed by atoms with Gasteiger partial charge in [-0.15, -0.1) is 0 Å². The molecule has 0 fully saturated rings. The van der Waals surface area contributed by atoms with Gasteiger partial charge in [-0.25, -0.2) is 9.18 Å². The van der Waals surface area contributed by atoms with E-state index in [0.29, 0.717) is 6.61 Å². The number of amides is 1. The molecule has 0 aliphatic carbocycles. The highest BCUT2D eigenvalue weighted by atomic mass is 19.1. The van der Waals surface area contributed by atoms with Gasteiger partial charge in [0, 0.05) is 17.7 Å². The van der Waals surface area contributed by atoms with Gasteiger partial charge >= 0.3 is 6.09 Å². The summed E-state index contributed by atoms with van der Waals surface area (Å²) < 4.78 is 18.6. The van der Waals surface area contributed by atoms with E-state index in [4.69, 9.17) is 15.7 Å². The first-order chi connectivity index (χ1) is 9.43. The van der Waals surface area contributed by atoms with Gasteiger partial charge in [0.15, 0.2) is 5.84 Å². The maximum Gasteiger partial charge on any atom is 0.407 e. The number of hydrogen-bond acceptors (Lipinski definition) is 4. The number of oxime groups is 1. The van der Waals surface area contributed by atoms with Gasteiger partial charge in [0.05, 0.1) is 6.61 Å². The van der Waals surface area contributed by atoms with Crippen molar-refractivity contribution >= 4 is 11.9 Å². The molecule has 110 valence electrons. The number of carbonyl (C=O) groups excluding carboxylic acids is 1. The van der Waals surface area contributed by atoms with Crippen molar-refractivity contribution in [2.45, 2.75) is 20.4 Å². The van der Waals surface area contributed by atoms with Crippen LogP contribution < -0.4 is 11.1 Å². The number of nitrogens with one attached hydrogen (secondary N) is 1. The number of nitrogens with zero attached hydrogens (tertiary/aromatic N) is 1. The molecule has 1 aromatic rings. The highest BCUT2D eigenvalue weighted by Crippen LogP contribution is 2.10. The zero-order valence-electron chi connectivity index (χ0n) is 11.4. The SMILES string of the molecule is CC(C)COC(=O)NCc1ccc(C(N)=NO)cc1F. The number of amidine groups is 1. The Morgan fingerprint density at radius 2 is 2.25 bits per heavy atom. The van der Waals surface area contributed by atoms with Crippen LogP contribution in [0.2, 0.25) is 0 Å². The molecule has 0 saturated heterocycles. The van der Waals surface area contributed by atoms with Crippen LogP contribution in [-0.4, -0.2) is 23.7 Å². The van der Waals surface area contributed by atoms with E-state index >= 15 is 0 Å². The van der Waals surface area contributed by atoms with Crippen LogP contribution in [0.3, 0.4) is 0 Å². The number of alkyl carbamates (subject to hydrolysis) is 1. The summed E-state index contributed by atoms with van der Waals surface area (Å²) in [5.74, 6) is -0.504. The average molecular weight is 283 g/mol. The second-order valence-corrected chi connectivity index (χ2v) is 4.64. The van der Waals surface area contributed by atoms with E-state index in [-0.39, 0.29) is 29.4 Å². The number of benzene rings is 1. The van der Waals surface area contributed by atoms with Crippen molar-refractivity contribution in [3.63, 3.8) is 0 Å². The molecule has 1 amide bonds. The highest BCUT2D eigenvalue weighted by Gasteiger charge is 2.09. The number of nitrogens with two attached hydrogens (primary N) is 1. The zero-order chi connectivity index (χ0) is 15.1. The largest absolute Gasteiger partial charge is 0.449 e. The van der Waals surface area contributed by atoms with E-state index in [2.05, 4.69) is 10.5 Å². The maximum absolute atomic E-state index is 13.7. The number of carbonyl (C=O) groups is 1. The molecule has 0 atom stereocenters. The molecule has 0 aliphatic heterocycles. The lowest BCUT2D eigenvalue weighted by Crippen LogP contribution is -2.25. The lowest BCUT2D eigenvalue weighted by atomic mass is 10.1. The fraction of sp³-hybridized carbons (Fsp3) is 0.385. The molecule has 0 aromatic heterocycles. The molecule has 1 aromatic carbocycles. The van der Waals surface area contributed by atoms with E-state index in [9.17, 15) is 9.18 Å². The quantitative estimate of drug-likeness (QED) is 0.332. The van der Waals surface area contributed by atoms with Crippen LogP contribution in [0, 0.1) is 11.7 Å². The van der Waals surface area contributed by atoms with Crippen LogP contribution >= 0.6 is 0 Å². The molecular formula is C13H18FN3O3. The topological polar surface area (TPSA) is 96.9 Å². The third kappa shape index (κ3) is 4.75. The third-order valence-electron chi connectivity index (χ3n) is 2.43. The Labute approximate surface area is 116 Å². The molecule has 7 heteroatoms. The van der Waals surface area contributed by atoms with Gasteiger partial charge in [0.2, 0.25) is 0 Å². The van der Waals surface area contributed by atoms with Gasteiger partial charge in [-0.2, -0.15) is 0 Å². The van der Waals surface area contributed by atoms with Crippen LogP contribution in [-0.2, 0) is 11.3 Å². The molecule has 0 heterocycles. The van der Waals surface area contributed by atoms with E-state index < -0.39 is 11.9 Å². The first kappa shape index (κ1) is 15.7. The summed E-state index contributed by atoms with van der Waals surface area (Å²) in [6.45, 7) is 4.13. The summed E-state index contributed by atoms with van der Waals surface area (Å²) in [4.78, 5) is 11.3. The first-order valence-corrected chi connectivity index (χ1v) is 6.11. The van der Waals surface area contributed by atoms with Gasteiger partial charge in [-0.1, -0.05) is 31.1 Å². The predicted octanol–water partition coefficient (Wildman–Crippen LogP) is 1.80. The summed E-state index contributed by atoms with van der Waals surface area (Å²) in [6.07, 6.45) is -0.599. The maximum atomic E-state index is 13.7. The lowest BCUT2D eigenvalue weighted by molar-refractivity contribution is 0.132. The monoisotopic (exact) mass is 283 g/mol. The fourth-order valence-corrected chi connectivity index (χ4v) is 1.37. The highest BCUT2D eigenvalue weighted by molar-refractivity contribution is 5.97. The molecule has 0 spiro atoms. The van der Waals surface area contributed by atoms with E-state index in [1.165, 1.54) is 12.1 Å². The number of ether oxygens (including phenoxy) is 1. The van der Waals surface area contributed by atoms with E-state index in [0.717, 1.165) is 6.07 Å². The van der Waals surface area contributed by atoms with Crippen molar-refractivity contribution in [3.05, 3.63) is 35.1 Å². The number of halogens is 1. The summed E-state index contributed by atoms with van der Waals surface area (Å²) in [6, 6.07) is 4.07. The molecule has 1 rings (SSSR count). The summed E-state index contributed by atoms with van der Waals surface area (Å²) >= 11 is 0. The second-order valence-electron chi connectivity index (χ2n) is 4.64. The van der Waals surface area contributed by atoms with Crippen LogP contribution in [0.15, 0.2) is 23.4 Å². The molecule has 4 N–H and O–H groups in total. The van der Waals surface area contributed by atoms with Crippen molar-refractivity contribution in [3.8, 4) is 0 Å². The van der Waals surface area contributed by atoms with Crippen LogP contribution in [0.5, 0.6) is 0 Å². The number of rotatable bonds is 5. The molecule has 0 aliphatic rings. The summed E-state index contributed by atoms with van der Waals surface area (Å²) in [5, 5.41) is 13.7. The molecule has 0 saturated carbocycles. The van der Waals surface area contributed by atoms with Crippen molar-refractivity contribution in [2.75, 3.05) is 6.61 Å². The lowest BCUT2D eigenvalue weighted by Gasteiger charge is -2.09. The molecule has 0 radical (unpaired) electrons. The van der Waals surface area contributed by atoms with Crippen molar-refractivity contribution in [1.29, 1.82) is 0 Å². The van der Waals surface area contributed by atoms with Gasteiger partial charge in [0.25, 0.3) is 0 Å². The Morgan fingerprint density at radius 3 is 2.80 bits per heavy atom. The van der Waals surface area contributed by atoms with Crippen molar-refractivity contribution in [2.24, 2.45) is 16.8 Å². The Kier molecular flexibility index (Phi) is 5.76. The zero-order valence-corrected chi connectivity index (χ0v) is 11.4. The van der Waals surface area contributed by atoms with Gasteiger partial charge in [-0.3, -0.25) is 0 Å².